The summed E-state index contributed by atoms with van der Waals surface area (Å²) in [7, 11) is 2.12. The normalized spacial score (nSPS) is 42.9. The van der Waals surface area contributed by atoms with Crippen molar-refractivity contribution in [3.8, 4) is 0 Å². The molecule has 4 saturated heterocycles. The first-order chi connectivity index (χ1) is 13.5. The van der Waals surface area contributed by atoms with E-state index in [1.54, 1.807) is 5.01 Å². The Morgan fingerprint density at radius 2 is 2.14 bits per heavy atom. The quantitative estimate of drug-likeness (QED) is 0.367. The van der Waals surface area contributed by atoms with Crippen molar-refractivity contribution in [1.82, 2.24) is 31.3 Å². The van der Waals surface area contributed by atoms with Gasteiger partial charge in [0.2, 0.25) is 5.91 Å². The first-order valence-electron chi connectivity index (χ1n) is 10.5. The van der Waals surface area contributed by atoms with Crippen LogP contribution in [-0.4, -0.2) is 98.9 Å². The van der Waals surface area contributed by atoms with Crippen LogP contribution in [0.2, 0.25) is 0 Å². The summed E-state index contributed by atoms with van der Waals surface area (Å²) >= 11 is 0. The van der Waals surface area contributed by atoms with Gasteiger partial charge in [-0.05, 0) is 39.4 Å². The van der Waals surface area contributed by atoms with Gasteiger partial charge >= 0.3 is 0 Å². The summed E-state index contributed by atoms with van der Waals surface area (Å²) in [5.41, 5.74) is 9.19. The molecule has 7 atom stereocenters. The Balaban J connectivity index is 1.36. The molecule has 9 nitrogen and oxygen atoms in total. The molecule has 1 amide bonds. The SMILES string of the molecule is CN1CCCC(OC2CCNCC2NC(=O)C2C(N)NN3CC(F)CNC23)C1. The lowest BCUT2D eigenvalue weighted by Crippen LogP contribution is -2.61. The van der Waals surface area contributed by atoms with Gasteiger partial charge in [0.15, 0.2) is 0 Å². The molecule has 6 N–H and O–H groups in total. The lowest BCUT2D eigenvalue weighted by atomic mass is 9.98. The number of carbonyl (C=O) groups is 1. The molecule has 10 heteroatoms. The lowest BCUT2D eigenvalue weighted by molar-refractivity contribution is -0.130. The maximum absolute atomic E-state index is 13.6. The van der Waals surface area contributed by atoms with Crippen LogP contribution < -0.4 is 27.1 Å². The van der Waals surface area contributed by atoms with E-state index in [0.717, 1.165) is 38.9 Å². The predicted molar refractivity (Wildman–Crippen MR) is 103 cm³/mol. The highest BCUT2D eigenvalue weighted by Gasteiger charge is 2.47. The fraction of sp³-hybridized carbons (Fsp3) is 0.944. The second kappa shape index (κ2) is 8.86. The van der Waals surface area contributed by atoms with E-state index in [-0.39, 0.29) is 43.4 Å². The van der Waals surface area contributed by atoms with Gasteiger partial charge in [0, 0.05) is 26.2 Å². The number of alkyl halides is 1. The standard InChI is InChI=1S/C18H34FN7O2/c1-25-6-2-3-12(10-25)28-14-4-5-21-8-13(14)23-18(27)15-16(20)24-26-9-11(19)7-22-17(15)26/h11-17,21-22,24H,2-10,20H2,1H3,(H,23,27). The lowest BCUT2D eigenvalue weighted by Gasteiger charge is -2.39. The molecule has 4 rings (SSSR count). The van der Waals surface area contributed by atoms with E-state index < -0.39 is 18.3 Å². The molecule has 0 saturated carbocycles. The van der Waals surface area contributed by atoms with Crippen molar-refractivity contribution in [2.75, 3.05) is 46.3 Å². The first-order valence-corrected chi connectivity index (χ1v) is 10.5. The molecular formula is C18H34FN7O2. The fourth-order valence-corrected chi connectivity index (χ4v) is 4.88. The molecule has 0 aromatic heterocycles. The van der Waals surface area contributed by atoms with Crippen LogP contribution >= 0.6 is 0 Å². The number of hydrazine groups is 1. The summed E-state index contributed by atoms with van der Waals surface area (Å²) in [6.45, 7) is 4.10. The number of rotatable bonds is 4. The molecule has 0 bridgehead atoms. The van der Waals surface area contributed by atoms with Crippen LogP contribution in [0.1, 0.15) is 19.3 Å². The molecule has 160 valence electrons. The van der Waals surface area contributed by atoms with E-state index in [1.807, 2.05) is 0 Å². The van der Waals surface area contributed by atoms with Gasteiger partial charge in [-0.15, -0.1) is 0 Å². The van der Waals surface area contributed by atoms with Crippen LogP contribution in [0.3, 0.4) is 0 Å². The Hall–Kier alpha value is -0.880. The minimum Gasteiger partial charge on any atom is -0.371 e. The molecule has 4 heterocycles. The van der Waals surface area contributed by atoms with Crippen LogP contribution in [0.15, 0.2) is 0 Å². The number of nitrogens with one attached hydrogen (secondary N) is 4. The van der Waals surface area contributed by atoms with Crippen molar-refractivity contribution < 1.29 is 13.9 Å². The number of nitrogens with two attached hydrogens (primary N) is 1. The number of carbonyl (C=O) groups excluding carboxylic acids is 1. The summed E-state index contributed by atoms with van der Waals surface area (Å²) in [6, 6.07) is -0.0905. The molecule has 0 aliphatic carbocycles. The molecule has 0 aromatic rings. The average Bonchev–Trinajstić information content (AvgIpc) is 2.98. The summed E-state index contributed by atoms with van der Waals surface area (Å²) in [6.07, 6.45) is 1.51. The number of likely N-dealkylation sites (tertiary alicyclic amines) is 1. The van der Waals surface area contributed by atoms with Gasteiger partial charge in [-0.1, -0.05) is 0 Å². The highest BCUT2D eigenvalue weighted by Crippen LogP contribution is 2.23. The number of halogens is 1. The average molecular weight is 400 g/mol. The molecule has 4 fully saturated rings. The number of hydrogen-bond acceptors (Lipinski definition) is 8. The van der Waals surface area contributed by atoms with E-state index in [2.05, 4.69) is 33.3 Å². The topological polar surface area (TPSA) is 107 Å². The van der Waals surface area contributed by atoms with Gasteiger partial charge in [0.05, 0.1) is 36.5 Å². The van der Waals surface area contributed by atoms with Crippen LogP contribution in [-0.2, 0) is 9.53 Å². The van der Waals surface area contributed by atoms with E-state index in [9.17, 15) is 9.18 Å². The van der Waals surface area contributed by atoms with Crippen molar-refractivity contribution in [1.29, 1.82) is 0 Å². The monoisotopic (exact) mass is 399 g/mol. The van der Waals surface area contributed by atoms with Crippen LogP contribution in [0.5, 0.6) is 0 Å². The van der Waals surface area contributed by atoms with Crippen molar-refractivity contribution in [3.63, 3.8) is 0 Å². The summed E-state index contributed by atoms with van der Waals surface area (Å²) < 4.78 is 20.0. The van der Waals surface area contributed by atoms with Crippen LogP contribution in [0.25, 0.3) is 0 Å². The zero-order valence-electron chi connectivity index (χ0n) is 16.6. The minimum absolute atomic E-state index is 0.00192. The minimum atomic E-state index is -0.966. The van der Waals surface area contributed by atoms with Crippen molar-refractivity contribution in [2.24, 2.45) is 11.7 Å². The molecular weight excluding hydrogens is 365 g/mol. The molecule has 0 aromatic carbocycles. The zero-order valence-corrected chi connectivity index (χ0v) is 16.6. The third kappa shape index (κ3) is 4.48. The second-order valence-corrected chi connectivity index (χ2v) is 8.59. The number of hydrogen-bond donors (Lipinski definition) is 5. The largest absolute Gasteiger partial charge is 0.371 e. The van der Waals surface area contributed by atoms with E-state index in [4.69, 9.17) is 10.5 Å². The van der Waals surface area contributed by atoms with Gasteiger partial charge in [0.25, 0.3) is 0 Å². The number of piperidine rings is 2. The number of likely N-dealkylation sites (N-methyl/N-ethyl adjacent to an activating group) is 1. The van der Waals surface area contributed by atoms with Gasteiger partial charge in [-0.3, -0.25) is 10.1 Å². The van der Waals surface area contributed by atoms with E-state index in [0.29, 0.717) is 6.54 Å². The first kappa shape index (κ1) is 20.4. The molecule has 0 spiro atoms. The summed E-state index contributed by atoms with van der Waals surface area (Å²) in [5.74, 6) is -0.587. The van der Waals surface area contributed by atoms with Crippen molar-refractivity contribution in [3.05, 3.63) is 0 Å². The van der Waals surface area contributed by atoms with E-state index in [1.165, 1.54) is 0 Å². The number of nitrogens with zero attached hydrogens (tertiary/aromatic N) is 2. The Kier molecular flexibility index (Phi) is 6.46. The zero-order chi connectivity index (χ0) is 19.7. The molecule has 0 radical (unpaired) electrons. The Bertz CT molecular complexity index is 556. The van der Waals surface area contributed by atoms with Crippen LogP contribution in [0.4, 0.5) is 4.39 Å². The highest BCUT2D eigenvalue weighted by molar-refractivity contribution is 5.80. The van der Waals surface area contributed by atoms with Gasteiger partial charge in [0.1, 0.15) is 6.17 Å². The van der Waals surface area contributed by atoms with Crippen molar-refractivity contribution in [2.45, 2.75) is 56.0 Å². The van der Waals surface area contributed by atoms with Gasteiger partial charge < -0.3 is 26.0 Å². The third-order valence-corrected chi connectivity index (χ3v) is 6.32. The smallest absolute Gasteiger partial charge is 0.229 e. The summed E-state index contributed by atoms with van der Waals surface area (Å²) in [5, 5.41) is 11.3. The fourth-order valence-electron chi connectivity index (χ4n) is 4.88. The molecule has 4 aliphatic rings. The molecule has 7 unspecified atom stereocenters. The Morgan fingerprint density at radius 1 is 1.29 bits per heavy atom. The molecule has 28 heavy (non-hydrogen) atoms. The maximum atomic E-state index is 13.6. The molecule has 4 aliphatic heterocycles. The Labute approximate surface area is 165 Å². The predicted octanol–water partition coefficient (Wildman–Crippen LogP) is -2.07. The van der Waals surface area contributed by atoms with Gasteiger partial charge in [-0.25, -0.2) is 14.8 Å². The number of fused-ring (bicyclic) bond motifs is 1. The summed E-state index contributed by atoms with van der Waals surface area (Å²) in [4.78, 5) is 15.4. The van der Waals surface area contributed by atoms with Gasteiger partial charge in [-0.2, -0.15) is 0 Å². The van der Waals surface area contributed by atoms with E-state index >= 15 is 0 Å². The number of amides is 1. The Morgan fingerprint density at radius 3 is 2.96 bits per heavy atom. The number of ether oxygens (including phenoxy) is 1. The maximum Gasteiger partial charge on any atom is 0.229 e. The highest BCUT2D eigenvalue weighted by atomic mass is 19.1. The van der Waals surface area contributed by atoms with Crippen LogP contribution in [0, 0.1) is 5.92 Å². The third-order valence-electron chi connectivity index (χ3n) is 6.32. The second-order valence-electron chi connectivity index (χ2n) is 8.59. The van der Waals surface area contributed by atoms with Crippen molar-refractivity contribution >= 4 is 5.91 Å².